The minimum Gasteiger partial charge on any atom is -0.490 e. The van der Waals surface area contributed by atoms with Gasteiger partial charge in [0.25, 0.3) is 0 Å². The molecule has 1 N–H and O–H groups in total. The van der Waals surface area contributed by atoms with Crippen molar-refractivity contribution in [1.82, 2.24) is 0 Å². The van der Waals surface area contributed by atoms with Gasteiger partial charge in [0.15, 0.2) is 5.75 Å². The SMILES string of the molecule is CC1COc2c(cc(Cl)cc2C(F)(F)F)NC1=O. The molecule has 0 radical (unpaired) electrons. The fourth-order valence-electron chi connectivity index (χ4n) is 1.59. The number of hydrogen-bond acceptors (Lipinski definition) is 2. The largest absolute Gasteiger partial charge is 0.490 e. The fourth-order valence-corrected chi connectivity index (χ4v) is 1.81. The van der Waals surface area contributed by atoms with Crippen LogP contribution >= 0.6 is 11.6 Å². The first kappa shape index (κ1) is 13.0. The van der Waals surface area contributed by atoms with Gasteiger partial charge in [-0.25, -0.2) is 0 Å². The third kappa shape index (κ3) is 2.38. The van der Waals surface area contributed by atoms with Crippen LogP contribution in [-0.2, 0) is 11.0 Å². The van der Waals surface area contributed by atoms with E-state index in [0.29, 0.717) is 0 Å². The number of anilines is 1. The van der Waals surface area contributed by atoms with Crippen LogP contribution in [-0.4, -0.2) is 12.5 Å². The number of carbonyl (C=O) groups is 1. The molecule has 2 rings (SSSR count). The van der Waals surface area contributed by atoms with Gasteiger partial charge in [0.1, 0.15) is 5.56 Å². The minimum atomic E-state index is -4.59. The Bertz CT molecular complexity index is 502. The number of carbonyl (C=O) groups excluding carboxylic acids is 1. The smallest absolute Gasteiger partial charge is 0.420 e. The van der Waals surface area contributed by atoms with Gasteiger partial charge >= 0.3 is 6.18 Å². The van der Waals surface area contributed by atoms with Gasteiger partial charge in [-0.05, 0) is 12.1 Å². The van der Waals surface area contributed by atoms with Crippen LogP contribution in [0, 0.1) is 5.92 Å². The molecule has 7 heteroatoms. The molecule has 1 atom stereocenters. The molecule has 3 nitrogen and oxygen atoms in total. The molecule has 0 aliphatic carbocycles. The first-order valence-corrected chi connectivity index (χ1v) is 5.51. The van der Waals surface area contributed by atoms with E-state index < -0.39 is 23.6 Å². The molecule has 1 aromatic carbocycles. The van der Waals surface area contributed by atoms with E-state index in [0.717, 1.165) is 6.07 Å². The monoisotopic (exact) mass is 279 g/mol. The molecule has 0 fully saturated rings. The van der Waals surface area contributed by atoms with Crippen molar-refractivity contribution in [3.05, 3.63) is 22.7 Å². The molecule has 0 bridgehead atoms. The standard InChI is InChI=1S/C11H9ClF3NO2/c1-5-4-18-9-7(11(13,14)15)2-6(12)3-8(9)16-10(5)17/h2-3,5H,4H2,1H3,(H,16,17). The van der Waals surface area contributed by atoms with Crippen molar-refractivity contribution in [1.29, 1.82) is 0 Å². The first-order chi connectivity index (χ1) is 8.29. The highest BCUT2D eigenvalue weighted by Crippen LogP contribution is 2.43. The van der Waals surface area contributed by atoms with E-state index in [2.05, 4.69) is 5.32 Å². The predicted molar refractivity (Wildman–Crippen MR) is 59.7 cm³/mol. The summed E-state index contributed by atoms with van der Waals surface area (Å²) >= 11 is 5.62. The number of fused-ring (bicyclic) bond motifs is 1. The van der Waals surface area contributed by atoms with E-state index in [1.807, 2.05) is 0 Å². The molecular formula is C11H9ClF3NO2. The van der Waals surface area contributed by atoms with Crippen LogP contribution in [0.4, 0.5) is 18.9 Å². The number of benzene rings is 1. The van der Waals surface area contributed by atoms with Gasteiger partial charge in [-0.1, -0.05) is 18.5 Å². The topological polar surface area (TPSA) is 38.3 Å². The second-order valence-corrected chi connectivity index (χ2v) is 4.47. The Hall–Kier alpha value is -1.43. The highest BCUT2D eigenvalue weighted by atomic mass is 35.5. The van der Waals surface area contributed by atoms with Gasteiger partial charge in [-0.15, -0.1) is 0 Å². The van der Waals surface area contributed by atoms with Crippen molar-refractivity contribution in [2.75, 3.05) is 11.9 Å². The predicted octanol–water partition coefficient (Wildman–Crippen LogP) is 3.33. The van der Waals surface area contributed by atoms with E-state index in [9.17, 15) is 18.0 Å². The summed E-state index contributed by atoms with van der Waals surface area (Å²) in [5, 5.41) is 2.27. The number of ether oxygens (including phenoxy) is 1. The summed E-state index contributed by atoms with van der Waals surface area (Å²) < 4.78 is 43.6. The lowest BCUT2D eigenvalue weighted by atomic mass is 10.1. The zero-order valence-corrected chi connectivity index (χ0v) is 10.0. The van der Waals surface area contributed by atoms with Crippen LogP contribution in [0.15, 0.2) is 12.1 Å². The highest BCUT2D eigenvalue weighted by Gasteiger charge is 2.37. The van der Waals surface area contributed by atoms with Gasteiger partial charge in [0.05, 0.1) is 18.2 Å². The Morgan fingerprint density at radius 1 is 1.44 bits per heavy atom. The molecule has 1 heterocycles. The van der Waals surface area contributed by atoms with E-state index >= 15 is 0 Å². The maximum atomic E-state index is 12.8. The number of hydrogen-bond donors (Lipinski definition) is 1. The highest BCUT2D eigenvalue weighted by molar-refractivity contribution is 6.31. The van der Waals surface area contributed by atoms with E-state index in [4.69, 9.17) is 16.3 Å². The Balaban J connectivity index is 2.57. The van der Waals surface area contributed by atoms with Gasteiger partial charge in [-0.3, -0.25) is 4.79 Å². The molecule has 1 aromatic rings. The van der Waals surface area contributed by atoms with E-state index in [1.165, 1.54) is 6.07 Å². The fraction of sp³-hybridized carbons (Fsp3) is 0.364. The lowest BCUT2D eigenvalue weighted by Gasteiger charge is -2.15. The van der Waals surface area contributed by atoms with Crippen molar-refractivity contribution in [3.63, 3.8) is 0 Å². The van der Waals surface area contributed by atoms with Gasteiger partial charge in [-0.2, -0.15) is 13.2 Å². The lowest BCUT2D eigenvalue weighted by Crippen LogP contribution is -2.22. The summed E-state index contributed by atoms with van der Waals surface area (Å²) in [4.78, 5) is 11.5. The van der Waals surface area contributed by atoms with Crippen LogP contribution in [0.2, 0.25) is 5.02 Å². The molecule has 18 heavy (non-hydrogen) atoms. The second-order valence-electron chi connectivity index (χ2n) is 4.03. The number of nitrogens with one attached hydrogen (secondary N) is 1. The maximum Gasteiger partial charge on any atom is 0.420 e. The molecule has 0 spiro atoms. The molecule has 1 amide bonds. The summed E-state index contributed by atoms with van der Waals surface area (Å²) in [6.45, 7) is 1.46. The maximum absolute atomic E-state index is 12.8. The van der Waals surface area contributed by atoms with Crippen LogP contribution in [0.3, 0.4) is 0 Å². The van der Waals surface area contributed by atoms with Crippen molar-refractivity contribution in [2.24, 2.45) is 5.92 Å². The normalized spacial score (nSPS) is 19.6. The number of alkyl halides is 3. The molecule has 0 saturated heterocycles. The van der Waals surface area contributed by atoms with E-state index in [1.54, 1.807) is 6.92 Å². The summed E-state index contributed by atoms with van der Waals surface area (Å²) in [7, 11) is 0. The van der Waals surface area contributed by atoms with Crippen molar-refractivity contribution in [3.8, 4) is 5.75 Å². The van der Waals surface area contributed by atoms with Crippen LogP contribution in [0.25, 0.3) is 0 Å². The summed E-state index contributed by atoms with van der Waals surface area (Å²) in [5.41, 5.74) is -1.04. The van der Waals surface area contributed by atoms with Crippen LogP contribution in [0.5, 0.6) is 5.75 Å². The molecule has 1 aliphatic heterocycles. The molecule has 0 saturated carbocycles. The Kier molecular flexibility index (Phi) is 3.14. The molecule has 1 unspecified atom stereocenters. The van der Waals surface area contributed by atoms with Gasteiger partial charge < -0.3 is 10.1 Å². The third-order valence-electron chi connectivity index (χ3n) is 2.54. The van der Waals surface area contributed by atoms with Crippen LogP contribution < -0.4 is 10.1 Å². The van der Waals surface area contributed by atoms with Crippen molar-refractivity contribution in [2.45, 2.75) is 13.1 Å². The quantitative estimate of drug-likeness (QED) is 0.791. The molecule has 1 aliphatic rings. The molecular weight excluding hydrogens is 271 g/mol. The molecule has 98 valence electrons. The Morgan fingerprint density at radius 2 is 2.11 bits per heavy atom. The third-order valence-corrected chi connectivity index (χ3v) is 2.76. The Labute approximate surface area is 106 Å². The average molecular weight is 280 g/mol. The van der Waals surface area contributed by atoms with Gasteiger partial charge in [0.2, 0.25) is 5.91 Å². The number of amides is 1. The zero-order chi connectivity index (χ0) is 13.5. The van der Waals surface area contributed by atoms with Gasteiger partial charge in [0, 0.05) is 5.02 Å². The summed E-state index contributed by atoms with van der Waals surface area (Å²) in [6.07, 6.45) is -4.59. The number of halogens is 4. The summed E-state index contributed by atoms with van der Waals surface area (Å²) in [5.74, 6) is -1.31. The number of rotatable bonds is 0. The van der Waals surface area contributed by atoms with Crippen molar-refractivity contribution >= 4 is 23.2 Å². The van der Waals surface area contributed by atoms with Crippen molar-refractivity contribution < 1.29 is 22.7 Å². The average Bonchev–Trinajstić information content (AvgIpc) is 2.37. The van der Waals surface area contributed by atoms with Crippen LogP contribution in [0.1, 0.15) is 12.5 Å². The minimum absolute atomic E-state index is 0.0517. The lowest BCUT2D eigenvalue weighted by molar-refractivity contribution is -0.138. The first-order valence-electron chi connectivity index (χ1n) is 5.13. The zero-order valence-electron chi connectivity index (χ0n) is 9.27. The van der Waals surface area contributed by atoms with E-state index in [-0.39, 0.29) is 23.1 Å². The summed E-state index contributed by atoms with van der Waals surface area (Å²) in [6, 6.07) is 2.02. The Morgan fingerprint density at radius 3 is 2.72 bits per heavy atom. The molecule has 0 aromatic heterocycles. The second kappa shape index (κ2) is 4.35.